The fourth-order valence-electron chi connectivity index (χ4n) is 2.12. The third-order valence-corrected chi connectivity index (χ3v) is 3.25. The number of ether oxygens (including phenoxy) is 1. The smallest absolute Gasteiger partial charge is 0.0693 e. The summed E-state index contributed by atoms with van der Waals surface area (Å²) in [6.07, 6.45) is 1.02. The SMILES string of the molecule is CCCOCC(NN)c1ccc(-c2ccccc2)cc1. The van der Waals surface area contributed by atoms with Crippen molar-refractivity contribution in [3.05, 3.63) is 60.2 Å². The van der Waals surface area contributed by atoms with E-state index in [9.17, 15) is 0 Å². The van der Waals surface area contributed by atoms with Crippen molar-refractivity contribution < 1.29 is 4.74 Å². The molecule has 2 aromatic rings. The number of nitrogens with two attached hydrogens (primary N) is 1. The van der Waals surface area contributed by atoms with Gasteiger partial charge in [0.25, 0.3) is 0 Å². The van der Waals surface area contributed by atoms with E-state index in [0.717, 1.165) is 18.6 Å². The standard InChI is InChI=1S/C17H22N2O/c1-2-12-20-13-17(19-18)16-10-8-15(9-11-16)14-6-4-3-5-7-14/h3-11,17,19H,2,12-13,18H2,1H3. The topological polar surface area (TPSA) is 47.3 Å². The molecule has 106 valence electrons. The average molecular weight is 270 g/mol. The zero-order valence-corrected chi connectivity index (χ0v) is 11.9. The van der Waals surface area contributed by atoms with Gasteiger partial charge in [0, 0.05) is 6.61 Å². The van der Waals surface area contributed by atoms with E-state index in [1.807, 2.05) is 18.2 Å². The van der Waals surface area contributed by atoms with E-state index >= 15 is 0 Å². The van der Waals surface area contributed by atoms with Gasteiger partial charge in [-0.05, 0) is 23.1 Å². The van der Waals surface area contributed by atoms with E-state index in [-0.39, 0.29) is 6.04 Å². The minimum atomic E-state index is 0.0337. The van der Waals surface area contributed by atoms with Crippen LogP contribution in [-0.4, -0.2) is 13.2 Å². The summed E-state index contributed by atoms with van der Waals surface area (Å²) in [6, 6.07) is 18.8. The Kier molecular flexibility index (Phi) is 5.74. The lowest BCUT2D eigenvalue weighted by Gasteiger charge is -2.16. The van der Waals surface area contributed by atoms with Crippen LogP contribution in [0.15, 0.2) is 54.6 Å². The predicted molar refractivity (Wildman–Crippen MR) is 83.1 cm³/mol. The van der Waals surface area contributed by atoms with Gasteiger partial charge in [0.05, 0.1) is 12.6 Å². The van der Waals surface area contributed by atoms with E-state index in [0.29, 0.717) is 6.61 Å². The molecule has 0 fully saturated rings. The highest BCUT2D eigenvalue weighted by Crippen LogP contribution is 2.21. The molecule has 0 saturated carbocycles. The summed E-state index contributed by atoms with van der Waals surface area (Å²) >= 11 is 0. The molecular weight excluding hydrogens is 248 g/mol. The molecule has 0 aliphatic heterocycles. The van der Waals surface area contributed by atoms with E-state index in [1.165, 1.54) is 11.1 Å². The highest BCUT2D eigenvalue weighted by atomic mass is 16.5. The number of hydrazine groups is 1. The van der Waals surface area contributed by atoms with Gasteiger partial charge < -0.3 is 4.74 Å². The molecule has 3 heteroatoms. The molecule has 0 aliphatic carbocycles. The first-order valence-corrected chi connectivity index (χ1v) is 7.04. The quantitative estimate of drug-likeness (QED) is 0.461. The molecule has 0 radical (unpaired) electrons. The molecule has 0 bridgehead atoms. The Bertz CT molecular complexity index is 496. The van der Waals surface area contributed by atoms with Crippen LogP contribution in [0, 0.1) is 0 Å². The van der Waals surface area contributed by atoms with Gasteiger partial charge in [-0.15, -0.1) is 0 Å². The Morgan fingerprint density at radius 1 is 1.00 bits per heavy atom. The highest BCUT2D eigenvalue weighted by Gasteiger charge is 2.09. The fraction of sp³-hybridized carbons (Fsp3) is 0.294. The van der Waals surface area contributed by atoms with Crippen molar-refractivity contribution in [2.75, 3.05) is 13.2 Å². The van der Waals surface area contributed by atoms with Crippen molar-refractivity contribution in [2.45, 2.75) is 19.4 Å². The van der Waals surface area contributed by atoms with Crippen molar-refractivity contribution in [1.29, 1.82) is 0 Å². The number of hydrogen-bond acceptors (Lipinski definition) is 3. The van der Waals surface area contributed by atoms with Gasteiger partial charge in [-0.1, -0.05) is 61.5 Å². The van der Waals surface area contributed by atoms with Gasteiger partial charge >= 0.3 is 0 Å². The van der Waals surface area contributed by atoms with Crippen LogP contribution >= 0.6 is 0 Å². The number of benzene rings is 2. The van der Waals surface area contributed by atoms with Gasteiger partial charge in [0.15, 0.2) is 0 Å². The molecule has 3 nitrogen and oxygen atoms in total. The maximum absolute atomic E-state index is 5.61. The molecule has 0 amide bonds. The Morgan fingerprint density at radius 2 is 1.65 bits per heavy atom. The van der Waals surface area contributed by atoms with Crippen LogP contribution in [0.1, 0.15) is 24.9 Å². The van der Waals surface area contributed by atoms with Crippen LogP contribution < -0.4 is 11.3 Å². The van der Waals surface area contributed by atoms with Gasteiger partial charge in [0.1, 0.15) is 0 Å². The largest absolute Gasteiger partial charge is 0.379 e. The van der Waals surface area contributed by atoms with Crippen LogP contribution in [0.2, 0.25) is 0 Å². The minimum absolute atomic E-state index is 0.0337. The molecule has 0 aromatic heterocycles. The molecule has 0 aliphatic rings. The van der Waals surface area contributed by atoms with Crippen molar-refractivity contribution in [1.82, 2.24) is 5.43 Å². The Balaban J connectivity index is 2.06. The summed E-state index contributed by atoms with van der Waals surface area (Å²) in [7, 11) is 0. The Hall–Kier alpha value is -1.68. The van der Waals surface area contributed by atoms with E-state index in [1.54, 1.807) is 0 Å². The van der Waals surface area contributed by atoms with E-state index < -0.39 is 0 Å². The fourth-order valence-corrected chi connectivity index (χ4v) is 2.12. The van der Waals surface area contributed by atoms with Crippen molar-refractivity contribution in [3.8, 4) is 11.1 Å². The van der Waals surface area contributed by atoms with Crippen LogP contribution in [0.25, 0.3) is 11.1 Å². The first kappa shape index (κ1) is 14.7. The molecule has 1 atom stereocenters. The molecule has 0 heterocycles. The number of nitrogens with one attached hydrogen (secondary N) is 1. The average Bonchev–Trinajstić information content (AvgIpc) is 2.53. The highest BCUT2D eigenvalue weighted by molar-refractivity contribution is 5.63. The van der Waals surface area contributed by atoms with Crippen LogP contribution in [0.4, 0.5) is 0 Å². The molecule has 0 spiro atoms. The second-order valence-electron chi connectivity index (χ2n) is 4.78. The lowest BCUT2D eigenvalue weighted by molar-refractivity contribution is 0.112. The van der Waals surface area contributed by atoms with Crippen molar-refractivity contribution in [2.24, 2.45) is 5.84 Å². The predicted octanol–water partition coefficient (Wildman–Crippen LogP) is 3.28. The third kappa shape index (κ3) is 3.90. The molecule has 20 heavy (non-hydrogen) atoms. The summed E-state index contributed by atoms with van der Waals surface area (Å²) in [5.41, 5.74) is 6.38. The zero-order valence-electron chi connectivity index (χ0n) is 11.9. The van der Waals surface area contributed by atoms with E-state index in [2.05, 4.69) is 48.7 Å². The van der Waals surface area contributed by atoms with Crippen molar-refractivity contribution in [3.63, 3.8) is 0 Å². The summed E-state index contributed by atoms with van der Waals surface area (Å²) < 4.78 is 5.56. The van der Waals surface area contributed by atoms with E-state index in [4.69, 9.17) is 10.6 Å². The molecule has 2 aromatic carbocycles. The zero-order chi connectivity index (χ0) is 14.2. The third-order valence-electron chi connectivity index (χ3n) is 3.25. The van der Waals surface area contributed by atoms with Gasteiger partial charge in [-0.25, -0.2) is 0 Å². The first-order valence-electron chi connectivity index (χ1n) is 7.04. The summed E-state index contributed by atoms with van der Waals surface area (Å²) in [5, 5.41) is 0. The Morgan fingerprint density at radius 3 is 2.25 bits per heavy atom. The van der Waals surface area contributed by atoms with Gasteiger partial charge in [-0.3, -0.25) is 11.3 Å². The lowest BCUT2D eigenvalue weighted by atomic mass is 10.0. The van der Waals surface area contributed by atoms with Crippen LogP contribution in [0.3, 0.4) is 0 Å². The monoisotopic (exact) mass is 270 g/mol. The molecular formula is C17H22N2O. The van der Waals surface area contributed by atoms with Crippen LogP contribution in [0.5, 0.6) is 0 Å². The minimum Gasteiger partial charge on any atom is -0.379 e. The summed E-state index contributed by atoms with van der Waals surface area (Å²) in [5.74, 6) is 5.61. The summed E-state index contributed by atoms with van der Waals surface area (Å²) in [6.45, 7) is 3.45. The maximum atomic E-state index is 5.61. The maximum Gasteiger partial charge on any atom is 0.0693 e. The second-order valence-corrected chi connectivity index (χ2v) is 4.78. The Labute approximate surface area is 120 Å². The summed E-state index contributed by atoms with van der Waals surface area (Å²) in [4.78, 5) is 0. The molecule has 1 unspecified atom stereocenters. The molecule has 3 N–H and O–H groups in total. The number of rotatable bonds is 7. The normalized spacial score (nSPS) is 12.3. The van der Waals surface area contributed by atoms with Crippen LogP contribution in [-0.2, 0) is 4.74 Å². The molecule has 2 rings (SSSR count). The van der Waals surface area contributed by atoms with Gasteiger partial charge in [0.2, 0.25) is 0 Å². The number of hydrogen-bond donors (Lipinski definition) is 2. The molecule has 0 saturated heterocycles. The van der Waals surface area contributed by atoms with Gasteiger partial charge in [-0.2, -0.15) is 0 Å². The first-order chi connectivity index (χ1) is 9.85. The lowest BCUT2D eigenvalue weighted by Crippen LogP contribution is -2.31. The van der Waals surface area contributed by atoms with Crippen molar-refractivity contribution >= 4 is 0 Å². The second kappa shape index (κ2) is 7.80.